The third-order valence-corrected chi connectivity index (χ3v) is 2.43. The number of carbonyl (C=O) groups excluding carboxylic acids is 1. The normalized spacial score (nSPS) is 19.1. The largest absolute Gasteiger partial charge is 0.340 e. The Morgan fingerprint density at radius 3 is 2.38 bits per heavy atom. The van der Waals surface area contributed by atoms with E-state index in [1.807, 2.05) is 4.90 Å². The van der Waals surface area contributed by atoms with Gasteiger partial charge in [-0.2, -0.15) is 0 Å². The molecule has 0 aromatic carbocycles. The van der Waals surface area contributed by atoms with E-state index in [-0.39, 0.29) is 12.6 Å². The van der Waals surface area contributed by atoms with Gasteiger partial charge in [0, 0.05) is 39.6 Å². The Labute approximate surface area is 78.5 Å². The van der Waals surface area contributed by atoms with Crippen molar-refractivity contribution >= 4 is 5.91 Å². The minimum atomic E-state index is -0.243. The van der Waals surface area contributed by atoms with Gasteiger partial charge in [0.25, 0.3) is 0 Å². The fraction of sp³-hybridized carbons (Fsp3) is 0.889. The van der Waals surface area contributed by atoms with E-state index in [2.05, 4.69) is 4.90 Å². The summed E-state index contributed by atoms with van der Waals surface area (Å²) in [7, 11) is 0. The van der Waals surface area contributed by atoms with Crippen molar-refractivity contribution in [3.05, 3.63) is 0 Å². The molecule has 4 heteroatoms. The molecule has 3 nitrogen and oxygen atoms in total. The summed E-state index contributed by atoms with van der Waals surface area (Å²) in [6.07, 6.45) is 0.611. The second kappa shape index (κ2) is 5.17. The summed E-state index contributed by atoms with van der Waals surface area (Å²) < 4.78 is 11.9. The lowest BCUT2D eigenvalue weighted by molar-refractivity contribution is -0.130. The predicted molar refractivity (Wildman–Crippen MR) is 49.3 cm³/mol. The van der Waals surface area contributed by atoms with E-state index < -0.39 is 0 Å². The van der Waals surface area contributed by atoms with Gasteiger partial charge in [-0.25, -0.2) is 0 Å². The minimum absolute atomic E-state index is 0.144. The first kappa shape index (κ1) is 10.4. The van der Waals surface area contributed by atoms with Crippen LogP contribution in [-0.2, 0) is 4.79 Å². The van der Waals surface area contributed by atoms with Crippen LogP contribution in [0.2, 0.25) is 0 Å². The van der Waals surface area contributed by atoms with E-state index in [4.69, 9.17) is 0 Å². The zero-order valence-electron chi connectivity index (χ0n) is 8.13. The van der Waals surface area contributed by atoms with Gasteiger partial charge >= 0.3 is 0 Å². The van der Waals surface area contributed by atoms with Gasteiger partial charge in [0.2, 0.25) is 5.91 Å². The van der Waals surface area contributed by atoms with Crippen LogP contribution in [0.4, 0.5) is 4.39 Å². The summed E-state index contributed by atoms with van der Waals surface area (Å²) in [5.74, 6) is 0.144. The van der Waals surface area contributed by atoms with Crippen LogP contribution in [0.1, 0.15) is 13.3 Å². The van der Waals surface area contributed by atoms with Gasteiger partial charge in [-0.1, -0.05) is 0 Å². The Bertz CT molecular complexity index is 167. The van der Waals surface area contributed by atoms with Crippen molar-refractivity contribution in [1.29, 1.82) is 0 Å². The summed E-state index contributed by atoms with van der Waals surface area (Å²) in [4.78, 5) is 15.0. The van der Waals surface area contributed by atoms with Crippen molar-refractivity contribution in [2.24, 2.45) is 0 Å². The molecule has 0 atom stereocenters. The lowest BCUT2D eigenvalue weighted by Gasteiger charge is -2.33. The zero-order valence-corrected chi connectivity index (χ0v) is 8.13. The maximum Gasteiger partial charge on any atom is 0.219 e. The molecule has 0 aromatic heterocycles. The van der Waals surface area contributed by atoms with Gasteiger partial charge in [-0.05, 0) is 6.42 Å². The molecule has 0 spiro atoms. The molecule has 0 aliphatic carbocycles. The van der Waals surface area contributed by atoms with Crippen LogP contribution in [0, 0.1) is 0 Å². The number of amides is 1. The van der Waals surface area contributed by atoms with E-state index in [1.165, 1.54) is 0 Å². The highest BCUT2D eigenvalue weighted by Gasteiger charge is 2.17. The van der Waals surface area contributed by atoms with Gasteiger partial charge in [0.15, 0.2) is 0 Å². The Balaban J connectivity index is 2.18. The van der Waals surface area contributed by atoms with Crippen molar-refractivity contribution in [2.45, 2.75) is 13.3 Å². The van der Waals surface area contributed by atoms with Crippen molar-refractivity contribution in [3.63, 3.8) is 0 Å². The monoisotopic (exact) mass is 187 g/mol. The smallest absolute Gasteiger partial charge is 0.219 e. The molecule has 1 fully saturated rings. The fourth-order valence-corrected chi connectivity index (χ4v) is 1.57. The minimum Gasteiger partial charge on any atom is -0.340 e. The van der Waals surface area contributed by atoms with E-state index in [0.29, 0.717) is 6.42 Å². The Morgan fingerprint density at radius 1 is 1.31 bits per heavy atom. The van der Waals surface area contributed by atoms with Gasteiger partial charge < -0.3 is 4.90 Å². The molecule has 1 heterocycles. The third kappa shape index (κ3) is 3.30. The number of rotatable bonds is 3. The highest BCUT2D eigenvalue weighted by atomic mass is 18.2. The molecule has 0 saturated carbocycles. The van der Waals surface area contributed by atoms with E-state index in [0.717, 1.165) is 32.7 Å². The number of halogens is 1. The number of carbonyl (C=O) groups is 1. The molecule has 0 N–H and O–H groups in total. The highest BCUT2D eigenvalue weighted by molar-refractivity contribution is 5.73. The summed E-state index contributed by atoms with van der Waals surface area (Å²) in [5.41, 5.74) is 0. The maximum atomic E-state index is 11.9. The first-order chi connectivity index (χ1) is 6.24. The first-order valence-corrected chi connectivity index (χ1v) is 4.78. The fourth-order valence-electron chi connectivity index (χ4n) is 1.57. The van der Waals surface area contributed by atoms with Gasteiger partial charge in [0.05, 0.1) is 6.67 Å². The number of hydrogen-bond donors (Lipinski definition) is 0. The number of piperazine rings is 1. The topological polar surface area (TPSA) is 23.6 Å². The molecular formula is C9H17FN2O. The molecule has 13 heavy (non-hydrogen) atoms. The summed E-state index contributed by atoms with van der Waals surface area (Å²) in [5, 5.41) is 0. The Morgan fingerprint density at radius 2 is 1.92 bits per heavy atom. The number of hydrogen-bond acceptors (Lipinski definition) is 2. The Hall–Kier alpha value is -0.640. The molecule has 1 amide bonds. The summed E-state index contributed by atoms with van der Waals surface area (Å²) in [6.45, 7) is 5.54. The zero-order chi connectivity index (χ0) is 9.68. The van der Waals surface area contributed by atoms with Crippen LogP contribution in [0.5, 0.6) is 0 Å². The van der Waals surface area contributed by atoms with Crippen LogP contribution < -0.4 is 0 Å². The van der Waals surface area contributed by atoms with Crippen LogP contribution in [0.3, 0.4) is 0 Å². The second-order valence-corrected chi connectivity index (χ2v) is 3.39. The molecule has 0 radical (unpaired) electrons. The molecule has 0 bridgehead atoms. The van der Waals surface area contributed by atoms with E-state index in [1.54, 1.807) is 6.92 Å². The van der Waals surface area contributed by atoms with Gasteiger partial charge in [-0.15, -0.1) is 0 Å². The van der Waals surface area contributed by atoms with Gasteiger partial charge in [0.1, 0.15) is 0 Å². The standard InChI is InChI=1S/C9H17FN2O/c1-9(13)12-7-5-11(6-8-12)4-2-3-10/h2-8H2,1H3/i10-1. The lowest BCUT2D eigenvalue weighted by atomic mass is 10.3. The lowest BCUT2D eigenvalue weighted by Crippen LogP contribution is -2.48. The molecule has 1 saturated heterocycles. The van der Waals surface area contributed by atoms with Crippen molar-refractivity contribution in [1.82, 2.24) is 9.80 Å². The molecule has 0 unspecified atom stereocenters. The molecular weight excluding hydrogens is 170 g/mol. The van der Waals surface area contributed by atoms with Crippen LogP contribution in [0.15, 0.2) is 0 Å². The average molecular weight is 187 g/mol. The third-order valence-electron chi connectivity index (χ3n) is 2.43. The van der Waals surface area contributed by atoms with E-state index >= 15 is 0 Å². The predicted octanol–water partition coefficient (Wildman–Crippen LogP) is 0.510. The van der Waals surface area contributed by atoms with Crippen LogP contribution in [0.25, 0.3) is 0 Å². The van der Waals surface area contributed by atoms with E-state index in [9.17, 15) is 9.18 Å². The Kier molecular flexibility index (Phi) is 4.15. The summed E-state index contributed by atoms with van der Waals surface area (Å²) >= 11 is 0. The number of nitrogens with zero attached hydrogens (tertiary/aromatic N) is 2. The SMILES string of the molecule is CC(=O)N1CCN(CCC[18F])CC1. The van der Waals surface area contributed by atoms with Gasteiger partial charge in [-0.3, -0.25) is 14.1 Å². The van der Waals surface area contributed by atoms with Crippen molar-refractivity contribution in [2.75, 3.05) is 39.4 Å². The molecule has 0 aromatic rings. The molecule has 1 aliphatic heterocycles. The summed E-state index contributed by atoms with van der Waals surface area (Å²) in [6, 6.07) is 0. The first-order valence-electron chi connectivity index (χ1n) is 4.78. The van der Waals surface area contributed by atoms with Crippen molar-refractivity contribution < 1.29 is 9.18 Å². The number of alkyl halides is 1. The average Bonchev–Trinajstić information content (AvgIpc) is 2.15. The van der Waals surface area contributed by atoms with Crippen LogP contribution in [-0.4, -0.2) is 55.1 Å². The highest BCUT2D eigenvalue weighted by Crippen LogP contribution is 2.02. The maximum absolute atomic E-state index is 11.9. The van der Waals surface area contributed by atoms with Crippen LogP contribution >= 0.6 is 0 Å². The molecule has 1 aliphatic rings. The second-order valence-electron chi connectivity index (χ2n) is 3.39. The molecule has 76 valence electrons. The quantitative estimate of drug-likeness (QED) is 0.642. The molecule has 1 rings (SSSR count). The van der Waals surface area contributed by atoms with Crippen molar-refractivity contribution in [3.8, 4) is 0 Å².